The summed E-state index contributed by atoms with van der Waals surface area (Å²) in [5.74, 6) is 0.916. The van der Waals surface area contributed by atoms with Gasteiger partial charge in [0, 0.05) is 11.8 Å². The molecule has 0 saturated heterocycles. The molecule has 0 bridgehead atoms. The monoisotopic (exact) mass is 252 g/mol. The van der Waals surface area contributed by atoms with E-state index in [1.54, 1.807) is 11.1 Å². The molecule has 0 N–H and O–H groups in total. The van der Waals surface area contributed by atoms with Crippen LogP contribution in [0.1, 0.15) is 24.5 Å². The average Bonchev–Trinajstić information content (AvgIpc) is 2.77. The zero-order valence-corrected chi connectivity index (χ0v) is 11.0. The van der Waals surface area contributed by atoms with Crippen LogP contribution in [-0.2, 0) is 17.6 Å². The van der Waals surface area contributed by atoms with Gasteiger partial charge in [0.05, 0.1) is 12.1 Å². The maximum atomic E-state index is 12.3. The average molecular weight is 252 g/mol. The van der Waals surface area contributed by atoms with Gasteiger partial charge in [-0.3, -0.25) is 9.69 Å². The van der Waals surface area contributed by atoms with Crippen LogP contribution in [0.2, 0.25) is 0 Å². The highest BCUT2D eigenvalue weighted by Crippen LogP contribution is 2.35. The second kappa shape index (κ2) is 4.84. The fourth-order valence-corrected chi connectivity index (χ4v) is 2.60. The Balaban J connectivity index is 2.08. The van der Waals surface area contributed by atoms with E-state index in [9.17, 15) is 4.79 Å². The number of pyridine rings is 1. The van der Waals surface area contributed by atoms with Gasteiger partial charge in [0.25, 0.3) is 0 Å². The first-order chi connectivity index (χ1) is 9.31. The summed E-state index contributed by atoms with van der Waals surface area (Å²) in [5, 5.41) is 0. The van der Waals surface area contributed by atoms with Gasteiger partial charge in [0.2, 0.25) is 5.91 Å². The standard InChI is InChI=1S/C16H16N2O/c1-2-6-12-9-10-17-16-14(12)11-15(19)18(16)13-7-4-3-5-8-13/h3-5,7-10H,2,6,11H2,1H3. The molecule has 0 unspecified atom stereocenters. The quantitative estimate of drug-likeness (QED) is 0.840. The normalized spacial score (nSPS) is 13.7. The lowest BCUT2D eigenvalue weighted by atomic mass is 10.0. The van der Waals surface area contributed by atoms with Crippen LogP contribution in [0.5, 0.6) is 0 Å². The van der Waals surface area contributed by atoms with Gasteiger partial charge in [-0.25, -0.2) is 4.98 Å². The van der Waals surface area contributed by atoms with E-state index in [2.05, 4.69) is 11.9 Å². The third kappa shape index (κ3) is 2.01. The number of nitrogens with zero attached hydrogens (tertiary/aromatic N) is 2. The number of hydrogen-bond acceptors (Lipinski definition) is 2. The molecule has 3 nitrogen and oxygen atoms in total. The molecule has 1 amide bonds. The minimum Gasteiger partial charge on any atom is -0.274 e. The summed E-state index contributed by atoms with van der Waals surface area (Å²) in [6.07, 6.45) is 4.35. The van der Waals surface area contributed by atoms with E-state index in [1.165, 1.54) is 5.56 Å². The summed E-state index contributed by atoms with van der Waals surface area (Å²) in [4.78, 5) is 18.4. The molecule has 0 radical (unpaired) electrons. The third-order valence-corrected chi connectivity index (χ3v) is 3.45. The molecule has 0 atom stereocenters. The summed E-state index contributed by atoms with van der Waals surface area (Å²) in [6.45, 7) is 2.15. The highest BCUT2D eigenvalue weighted by molar-refractivity contribution is 6.06. The van der Waals surface area contributed by atoms with Crippen molar-refractivity contribution in [1.82, 2.24) is 4.98 Å². The van der Waals surface area contributed by atoms with Crippen LogP contribution in [-0.4, -0.2) is 10.9 Å². The maximum Gasteiger partial charge on any atom is 0.237 e. The number of amides is 1. The van der Waals surface area contributed by atoms with Crippen molar-refractivity contribution in [3.8, 4) is 0 Å². The van der Waals surface area contributed by atoms with Crippen molar-refractivity contribution in [1.29, 1.82) is 0 Å². The van der Waals surface area contributed by atoms with Crippen molar-refractivity contribution in [2.24, 2.45) is 0 Å². The third-order valence-electron chi connectivity index (χ3n) is 3.45. The number of fused-ring (bicyclic) bond motifs is 1. The zero-order valence-electron chi connectivity index (χ0n) is 11.0. The van der Waals surface area contributed by atoms with E-state index in [1.807, 2.05) is 36.4 Å². The lowest BCUT2D eigenvalue weighted by molar-refractivity contribution is -0.116. The second-order valence-corrected chi connectivity index (χ2v) is 4.76. The SMILES string of the molecule is CCCc1ccnc2c1CC(=O)N2c1ccccc1. The van der Waals surface area contributed by atoms with Gasteiger partial charge in [0.15, 0.2) is 0 Å². The largest absolute Gasteiger partial charge is 0.274 e. The van der Waals surface area contributed by atoms with E-state index in [-0.39, 0.29) is 5.91 Å². The van der Waals surface area contributed by atoms with Crippen molar-refractivity contribution in [2.45, 2.75) is 26.2 Å². The molecule has 3 rings (SSSR count). The first kappa shape index (κ1) is 11.9. The predicted molar refractivity (Wildman–Crippen MR) is 75.5 cm³/mol. The lowest BCUT2D eigenvalue weighted by Gasteiger charge is -2.16. The van der Waals surface area contributed by atoms with Crippen molar-refractivity contribution >= 4 is 17.4 Å². The van der Waals surface area contributed by atoms with E-state index >= 15 is 0 Å². The van der Waals surface area contributed by atoms with Crippen LogP contribution in [0.15, 0.2) is 42.6 Å². The number of rotatable bonds is 3. The van der Waals surface area contributed by atoms with E-state index < -0.39 is 0 Å². The molecule has 0 fully saturated rings. The summed E-state index contributed by atoms with van der Waals surface area (Å²) in [7, 11) is 0. The number of carbonyl (C=O) groups excluding carboxylic acids is 1. The maximum absolute atomic E-state index is 12.3. The van der Waals surface area contributed by atoms with Crippen LogP contribution >= 0.6 is 0 Å². The van der Waals surface area contributed by atoms with Crippen LogP contribution in [0, 0.1) is 0 Å². The van der Waals surface area contributed by atoms with E-state index in [0.29, 0.717) is 6.42 Å². The molecule has 19 heavy (non-hydrogen) atoms. The Bertz CT molecular complexity index is 607. The van der Waals surface area contributed by atoms with Gasteiger partial charge >= 0.3 is 0 Å². The number of aryl methyl sites for hydroxylation is 1. The van der Waals surface area contributed by atoms with Crippen molar-refractivity contribution < 1.29 is 4.79 Å². The smallest absolute Gasteiger partial charge is 0.237 e. The summed E-state index contributed by atoms with van der Waals surface area (Å²) < 4.78 is 0. The summed E-state index contributed by atoms with van der Waals surface area (Å²) in [6, 6.07) is 11.8. The predicted octanol–water partition coefficient (Wildman–Crippen LogP) is 3.25. The zero-order chi connectivity index (χ0) is 13.2. The Labute approximate surface area is 112 Å². The Morgan fingerprint density at radius 3 is 2.74 bits per heavy atom. The molecule has 2 heterocycles. The van der Waals surface area contributed by atoms with E-state index in [0.717, 1.165) is 29.9 Å². The second-order valence-electron chi connectivity index (χ2n) is 4.76. The first-order valence-corrected chi connectivity index (χ1v) is 6.66. The minimum absolute atomic E-state index is 0.109. The number of aromatic nitrogens is 1. The molecule has 1 aromatic heterocycles. The molecular weight excluding hydrogens is 236 g/mol. The molecule has 2 aromatic rings. The first-order valence-electron chi connectivity index (χ1n) is 6.66. The molecule has 1 aromatic carbocycles. The van der Waals surface area contributed by atoms with Crippen LogP contribution < -0.4 is 4.90 Å². The van der Waals surface area contributed by atoms with Crippen LogP contribution in [0.25, 0.3) is 0 Å². The van der Waals surface area contributed by atoms with Gasteiger partial charge in [-0.1, -0.05) is 31.5 Å². The summed E-state index contributed by atoms with van der Waals surface area (Å²) in [5.41, 5.74) is 3.24. The van der Waals surface area contributed by atoms with Gasteiger partial charge in [-0.05, 0) is 30.2 Å². The highest BCUT2D eigenvalue weighted by Gasteiger charge is 2.31. The number of hydrogen-bond donors (Lipinski definition) is 0. The molecule has 0 aliphatic carbocycles. The van der Waals surface area contributed by atoms with Crippen molar-refractivity contribution in [3.05, 3.63) is 53.7 Å². The minimum atomic E-state index is 0.109. The van der Waals surface area contributed by atoms with Gasteiger partial charge in [-0.15, -0.1) is 0 Å². The molecule has 96 valence electrons. The number of benzene rings is 1. The Morgan fingerprint density at radius 1 is 1.21 bits per heavy atom. The van der Waals surface area contributed by atoms with Crippen molar-refractivity contribution in [3.63, 3.8) is 0 Å². The molecule has 0 saturated carbocycles. The molecule has 0 spiro atoms. The molecule has 3 heteroatoms. The lowest BCUT2D eigenvalue weighted by Crippen LogP contribution is -2.21. The topological polar surface area (TPSA) is 33.2 Å². The molecule has 1 aliphatic rings. The van der Waals surface area contributed by atoms with Crippen molar-refractivity contribution in [2.75, 3.05) is 4.90 Å². The molecular formula is C16H16N2O. The van der Waals surface area contributed by atoms with Gasteiger partial charge < -0.3 is 0 Å². The van der Waals surface area contributed by atoms with E-state index in [4.69, 9.17) is 0 Å². The van der Waals surface area contributed by atoms with Crippen LogP contribution in [0.4, 0.5) is 11.5 Å². The Kier molecular flexibility index (Phi) is 3.03. The number of anilines is 2. The van der Waals surface area contributed by atoms with Gasteiger partial charge in [0.1, 0.15) is 5.82 Å². The Morgan fingerprint density at radius 2 is 2.00 bits per heavy atom. The van der Waals surface area contributed by atoms with Gasteiger partial charge in [-0.2, -0.15) is 0 Å². The fourth-order valence-electron chi connectivity index (χ4n) is 2.60. The highest BCUT2D eigenvalue weighted by atomic mass is 16.2. The fraction of sp³-hybridized carbons (Fsp3) is 0.250. The summed E-state index contributed by atoms with van der Waals surface area (Å²) >= 11 is 0. The number of carbonyl (C=O) groups is 1. The molecule has 1 aliphatic heterocycles. The Hall–Kier alpha value is -2.16. The van der Waals surface area contributed by atoms with Crippen LogP contribution in [0.3, 0.4) is 0 Å². The number of para-hydroxylation sites is 1.